The van der Waals surface area contributed by atoms with Gasteiger partial charge in [-0.25, -0.2) is 8.78 Å². The minimum atomic E-state index is -0.646. The van der Waals surface area contributed by atoms with Gasteiger partial charge in [0.2, 0.25) is 5.91 Å². The Bertz CT molecular complexity index is 541. The summed E-state index contributed by atoms with van der Waals surface area (Å²) in [6.07, 6.45) is 5.14. The van der Waals surface area contributed by atoms with Gasteiger partial charge in [0, 0.05) is 25.2 Å². The number of halogens is 2. The van der Waals surface area contributed by atoms with Gasteiger partial charge in [-0.1, -0.05) is 0 Å². The van der Waals surface area contributed by atoms with Gasteiger partial charge in [0.15, 0.2) is 0 Å². The molecule has 0 radical (unpaired) electrons. The number of likely N-dealkylation sites (tertiary alicyclic amines) is 1. The van der Waals surface area contributed by atoms with Crippen LogP contribution in [0, 0.1) is 17.6 Å². The zero-order chi connectivity index (χ0) is 14.8. The van der Waals surface area contributed by atoms with E-state index in [1.165, 1.54) is 24.3 Å². The van der Waals surface area contributed by atoms with E-state index in [0.717, 1.165) is 25.5 Å². The molecule has 0 unspecified atom stereocenters. The smallest absolute Gasteiger partial charge is 0.246 e. The number of rotatable bonds is 3. The number of carbonyl (C=O) groups excluding carboxylic acids is 1. The topological polar surface area (TPSA) is 32.8 Å². The summed E-state index contributed by atoms with van der Waals surface area (Å²) in [6.45, 7) is 2.28. The lowest BCUT2D eigenvalue weighted by atomic mass is 9.94. The zero-order valence-corrected chi connectivity index (χ0v) is 11.6. The van der Waals surface area contributed by atoms with Crippen LogP contribution >= 0.6 is 0 Å². The molecule has 0 spiro atoms. The fourth-order valence-electron chi connectivity index (χ4n) is 2.76. The van der Waals surface area contributed by atoms with Crippen LogP contribution in [-0.2, 0) is 9.53 Å². The van der Waals surface area contributed by atoms with E-state index in [1.54, 1.807) is 4.90 Å². The molecule has 1 aromatic carbocycles. The van der Waals surface area contributed by atoms with E-state index in [1.807, 2.05) is 0 Å². The predicted octanol–water partition coefficient (Wildman–Crippen LogP) is 2.62. The second-order valence-corrected chi connectivity index (χ2v) is 5.57. The monoisotopic (exact) mass is 293 g/mol. The normalized spacial score (nSPS) is 22.8. The Hall–Kier alpha value is -1.75. The van der Waals surface area contributed by atoms with Crippen molar-refractivity contribution in [1.29, 1.82) is 0 Å². The highest BCUT2D eigenvalue weighted by Gasteiger charge is 2.35. The van der Waals surface area contributed by atoms with Gasteiger partial charge >= 0.3 is 0 Å². The predicted molar refractivity (Wildman–Crippen MR) is 74.4 cm³/mol. The summed E-state index contributed by atoms with van der Waals surface area (Å²) in [6, 6.07) is 3.21. The van der Waals surface area contributed by atoms with Crippen molar-refractivity contribution < 1.29 is 18.3 Å². The SMILES string of the molecule is O=C(/C=C/c1cc(F)cc(F)c1)N1CCC([C@@H]2CO2)CC1. The quantitative estimate of drug-likeness (QED) is 0.634. The van der Waals surface area contributed by atoms with Crippen LogP contribution in [0.15, 0.2) is 24.3 Å². The van der Waals surface area contributed by atoms with Crippen LogP contribution in [0.2, 0.25) is 0 Å². The zero-order valence-electron chi connectivity index (χ0n) is 11.6. The molecule has 3 nitrogen and oxygen atoms in total. The molecular weight excluding hydrogens is 276 g/mol. The third-order valence-corrected chi connectivity index (χ3v) is 4.04. The fourth-order valence-corrected chi connectivity index (χ4v) is 2.76. The summed E-state index contributed by atoms with van der Waals surface area (Å²) in [7, 11) is 0. The van der Waals surface area contributed by atoms with Crippen LogP contribution < -0.4 is 0 Å². The Kier molecular flexibility index (Phi) is 4.01. The van der Waals surface area contributed by atoms with Gasteiger partial charge in [0.25, 0.3) is 0 Å². The molecule has 3 rings (SSSR count). The maximum atomic E-state index is 13.1. The number of hydrogen-bond donors (Lipinski definition) is 0. The molecular formula is C16H17F2NO2. The average Bonchev–Trinajstić information content (AvgIpc) is 3.28. The minimum Gasteiger partial charge on any atom is -0.373 e. The van der Waals surface area contributed by atoms with E-state index in [-0.39, 0.29) is 5.91 Å². The highest BCUT2D eigenvalue weighted by molar-refractivity contribution is 5.91. The molecule has 0 aromatic heterocycles. The molecule has 1 aromatic rings. The lowest BCUT2D eigenvalue weighted by Gasteiger charge is -2.30. The number of amides is 1. The summed E-state index contributed by atoms with van der Waals surface area (Å²) in [4.78, 5) is 13.8. The Balaban J connectivity index is 1.57. The van der Waals surface area contributed by atoms with E-state index in [4.69, 9.17) is 4.74 Å². The largest absolute Gasteiger partial charge is 0.373 e. The number of carbonyl (C=O) groups is 1. The number of ether oxygens (including phenoxy) is 1. The molecule has 1 atom stereocenters. The molecule has 2 heterocycles. The third-order valence-electron chi connectivity index (χ3n) is 4.04. The van der Waals surface area contributed by atoms with Gasteiger partial charge in [0.05, 0.1) is 12.7 Å². The third kappa shape index (κ3) is 3.67. The maximum Gasteiger partial charge on any atom is 0.246 e. The van der Waals surface area contributed by atoms with Crippen LogP contribution in [-0.4, -0.2) is 36.6 Å². The highest BCUT2D eigenvalue weighted by Crippen LogP contribution is 2.29. The van der Waals surface area contributed by atoms with Crippen LogP contribution in [0.1, 0.15) is 18.4 Å². The number of piperidine rings is 1. The summed E-state index contributed by atoms with van der Waals surface area (Å²) >= 11 is 0. The van der Waals surface area contributed by atoms with Crippen molar-refractivity contribution in [3.63, 3.8) is 0 Å². The number of benzene rings is 1. The van der Waals surface area contributed by atoms with Gasteiger partial charge in [0.1, 0.15) is 11.6 Å². The van der Waals surface area contributed by atoms with Gasteiger partial charge in [-0.3, -0.25) is 4.79 Å². The second-order valence-electron chi connectivity index (χ2n) is 5.57. The lowest BCUT2D eigenvalue weighted by molar-refractivity contribution is -0.127. The van der Waals surface area contributed by atoms with Gasteiger partial charge < -0.3 is 9.64 Å². The summed E-state index contributed by atoms with van der Waals surface area (Å²) in [5.74, 6) is -0.843. The molecule has 5 heteroatoms. The molecule has 21 heavy (non-hydrogen) atoms. The minimum absolute atomic E-state index is 0.116. The Morgan fingerprint density at radius 1 is 1.19 bits per heavy atom. The molecule has 2 aliphatic rings. The van der Waals surface area contributed by atoms with E-state index >= 15 is 0 Å². The number of hydrogen-bond acceptors (Lipinski definition) is 2. The lowest BCUT2D eigenvalue weighted by Crippen LogP contribution is -2.38. The molecule has 2 saturated heterocycles. The summed E-state index contributed by atoms with van der Waals surface area (Å²) in [5.41, 5.74) is 0.349. The first-order chi connectivity index (χ1) is 10.1. The van der Waals surface area contributed by atoms with Crippen LogP contribution in [0.4, 0.5) is 8.78 Å². The van der Waals surface area contributed by atoms with E-state index in [2.05, 4.69) is 0 Å². The highest BCUT2D eigenvalue weighted by atomic mass is 19.1. The summed E-state index contributed by atoms with van der Waals surface area (Å²) in [5, 5.41) is 0. The van der Waals surface area contributed by atoms with Gasteiger partial charge in [-0.05, 0) is 42.5 Å². The van der Waals surface area contributed by atoms with E-state index in [9.17, 15) is 13.6 Å². The first-order valence-corrected chi connectivity index (χ1v) is 7.16. The second kappa shape index (κ2) is 5.93. The molecule has 0 aliphatic carbocycles. The van der Waals surface area contributed by atoms with Gasteiger partial charge in [-0.15, -0.1) is 0 Å². The molecule has 0 bridgehead atoms. The Morgan fingerprint density at radius 2 is 1.81 bits per heavy atom. The molecule has 2 aliphatic heterocycles. The van der Waals surface area contributed by atoms with Crippen molar-refractivity contribution in [3.8, 4) is 0 Å². The van der Waals surface area contributed by atoms with Crippen molar-refractivity contribution in [1.82, 2.24) is 4.90 Å². The Labute approximate surface area is 122 Å². The van der Waals surface area contributed by atoms with E-state index in [0.29, 0.717) is 30.7 Å². The first kappa shape index (κ1) is 14.2. The summed E-state index contributed by atoms with van der Waals surface area (Å²) < 4.78 is 31.4. The number of epoxide rings is 1. The Morgan fingerprint density at radius 3 is 2.38 bits per heavy atom. The van der Waals surface area contributed by atoms with Crippen molar-refractivity contribution in [2.24, 2.45) is 5.92 Å². The van der Waals surface area contributed by atoms with Crippen LogP contribution in [0.3, 0.4) is 0 Å². The van der Waals surface area contributed by atoms with Crippen molar-refractivity contribution in [3.05, 3.63) is 41.5 Å². The maximum absolute atomic E-state index is 13.1. The van der Waals surface area contributed by atoms with Crippen molar-refractivity contribution >= 4 is 12.0 Å². The average molecular weight is 293 g/mol. The van der Waals surface area contributed by atoms with Crippen LogP contribution in [0.5, 0.6) is 0 Å². The molecule has 112 valence electrons. The van der Waals surface area contributed by atoms with Crippen molar-refractivity contribution in [2.75, 3.05) is 19.7 Å². The molecule has 0 N–H and O–H groups in total. The molecule has 1 amide bonds. The standard InChI is InChI=1S/C16H17F2NO2/c17-13-7-11(8-14(18)9-13)1-2-16(20)19-5-3-12(4-6-19)15-10-21-15/h1-2,7-9,12,15H,3-6,10H2/b2-1+/t15-/m0/s1. The first-order valence-electron chi connectivity index (χ1n) is 7.16. The van der Waals surface area contributed by atoms with Crippen molar-refractivity contribution in [2.45, 2.75) is 18.9 Å². The number of nitrogens with zero attached hydrogens (tertiary/aromatic N) is 1. The van der Waals surface area contributed by atoms with Crippen LogP contribution in [0.25, 0.3) is 6.08 Å². The fraction of sp³-hybridized carbons (Fsp3) is 0.438. The van der Waals surface area contributed by atoms with Gasteiger partial charge in [-0.2, -0.15) is 0 Å². The molecule has 2 fully saturated rings. The van der Waals surface area contributed by atoms with E-state index < -0.39 is 11.6 Å². The molecule has 0 saturated carbocycles.